The van der Waals surface area contributed by atoms with E-state index in [-0.39, 0.29) is 29.7 Å². The van der Waals surface area contributed by atoms with E-state index in [4.69, 9.17) is 18.9 Å². The summed E-state index contributed by atoms with van der Waals surface area (Å²) in [6, 6.07) is 6.47. The molecule has 2 heterocycles. The maximum atomic E-state index is 12.8. The Morgan fingerprint density at radius 1 is 1.28 bits per heavy atom. The zero-order valence-corrected chi connectivity index (χ0v) is 18.9. The van der Waals surface area contributed by atoms with Crippen LogP contribution < -0.4 is 11.0 Å². The van der Waals surface area contributed by atoms with Crippen LogP contribution in [0.3, 0.4) is 0 Å². The number of carbonyl (C=O) groups is 2. The number of para-hydroxylation sites is 2. The first-order chi connectivity index (χ1) is 15.2. The number of phenols is 1. The molecule has 0 saturated carbocycles. The third-order valence-corrected chi connectivity index (χ3v) is 4.89. The highest BCUT2D eigenvalue weighted by molar-refractivity contribution is 9.10. The van der Waals surface area contributed by atoms with E-state index in [0.29, 0.717) is 10.2 Å². The van der Waals surface area contributed by atoms with Crippen molar-refractivity contribution in [1.82, 2.24) is 9.55 Å². The van der Waals surface area contributed by atoms with Gasteiger partial charge < -0.3 is 29.4 Å². The van der Waals surface area contributed by atoms with Crippen LogP contribution >= 0.6 is 15.9 Å². The van der Waals surface area contributed by atoms with Gasteiger partial charge in [0.05, 0.1) is 10.2 Å². The summed E-state index contributed by atoms with van der Waals surface area (Å²) in [4.78, 5) is 39.6. The molecule has 2 N–H and O–H groups in total. The lowest BCUT2D eigenvalue weighted by Gasteiger charge is -2.21. The molecule has 0 amide bonds. The van der Waals surface area contributed by atoms with Gasteiger partial charge in [-0.15, -0.1) is 0 Å². The lowest BCUT2D eigenvalue weighted by molar-refractivity contribution is -0.141. The molecule has 32 heavy (non-hydrogen) atoms. The van der Waals surface area contributed by atoms with E-state index in [1.54, 1.807) is 18.2 Å². The first-order valence-electron chi connectivity index (χ1n) is 9.29. The van der Waals surface area contributed by atoms with E-state index < -0.39 is 30.0 Å². The molecule has 1 aliphatic heterocycles. The molecule has 2 aromatic rings. The molecular weight excluding hydrogens is 490 g/mol. The van der Waals surface area contributed by atoms with E-state index in [9.17, 15) is 19.5 Å². The van der Waals surface area contributed by atoms with Crippen molar-refractivity contribution < 1.29 is 33.6 Å². The Balaban J connectivity index is 1.93. The molecule has 1 aliphatic rings. The second-order valence-corrected chi connectivity index (χ2v) is 7.45. The lowest BCUT2D eigenvalue weighted by Crippen LogP contribution is -2.34. The van der Waals surface area contributed by atoms with Crippen molar-refractivity contribution in [2.75, 3.05) is 19.0 Å². The molecule has 0 fully saturated rings. The third-order valence-electron chi connectivity index (χ3n) is 4.31. The number of methoxy groups -OCH3 is 1. The smallest absolute Gasteiger partial charge is 0.352 e. The SMILES string of the molecule is COC1C(OC(C)=O)=C(COC(C)=O)O[C@H]1n1cc(Br)c(Nc2ccccc2O)nc1=O. The largest absolute Gasteiger partial charge is 0.506 e. The van der Waals surface area contributed by atoms with E-state index in [1.807, 2.05) is 0 Å². The molecule has 0 aliphatic carbocycles. The van der Waals surface area contributed by atoms with Crippen molar-refractivity contribution in [2.24, 2.45) is 0 Å². The van der Waals surface area contributed by atoms with Crippen LogP contribution in [0.2, 0.25) is 0 Å². The second-order valence-electron chi connectivity index (χ2n) is 6.60. The van der Waals surface area contributed by atoms with Crippen LogP contribution in [-0.2, 0) is 28.5 Å². The molecule has 2 atom stereocenters. The van der Waals surface area contributed by atoms with Gasteiger partial charge >= 0.3 is 17.6 Å². The third kappa shape index (κ3) is 5.08. The molecule has 1 aromatic carbocycles. The van der Waals surface area contributed by atoms with Crippen LogP contribution in [-0.4, -0.2) is 46.4 Å². The van der Waals surface area contributed by atoms with E-state index >= 15 is 0 Å². The maximum absolute atomic E-state index is 12.8. The Kier molecular flexibility index (Phi) is 7.15. The summed E-state index contributed by atoms with van der Waals surface area (Å²) in [5.41, 5.74) is -0.360. The Hall–Kier alpha value is -3.38. The quantitative estimate of drug-likeness (QED) is 0.422. The second kappa shape index (κ2) is 9.83. The molecule has 11 nitrogen and oxygen atoms in total. The first-order valence-corrected chi connectivity index (χ1v) is 10.1. The van der Waals surface area contributed by atoms with E-state index in [0.717, 1.165) is 4.57 Å². The van der Waals surface area contributed by atoms with Crippen molar-refractivity contribution in [3.05, 3.63) is 56.9 Å². The van der Waals surface area contributed by atoms with Gasteiger partial charge in [-0.2, -0.15) is 4.98 Å². The average Bonchev–Trinajstić information content (AvgIpc) is 3.06. The van der Waals surface area contributed by atoms with Gasteiger partial charge in [-0.25, -0.2) is 4.79 Å². The number of nitrogens with one attached hydrogen (secondary N) is 1. The maximum Gasteiger partial charge on any atom is 0.352 e. The van der Waals surface area contributed by atoms with Crippen molar-refractivity contribution >= 4 is 39.4 Å². The lowest BCUT2D eigenvalue weighted by atomic mass is 10.2. The van der Waals surface area contributed by atoms with Gasteiger partial charge in [0.1, 0.15) is 5.75 Å². The van der Waals surface area contributed by atoms with Crippen molar-refractivity contribution in [1.29, 1.82) is 0 Å². The number of benzene rings is 1. The molecule has 0 radical (unpaired) electrons. The van der Waals surface area contributed by atoms with Gasteiger partial charge in [0.15, 0.2) is 30.0 Å². The number of esters is 2. The predicted molar refractivity (Wildman–Crippen MR) is 114 cm³/mol. The topological polar surface area (TPSA) is 138 Å². The minimum Gasteiger partial charge on any atom is -0.506 e. The Morgan fingerprint density at radius 3 is 2.62 bits per heavy atom. The zero-order valence-electron chi connectivity index (χ0n) is 17.3. The number of hydrogen-bond acceptors (Lipinski definition) is 10. The van der Waals surface area contributed by atoms with Crippen molar-refractivity contribution in [2.45, 2.75) is 26.2 Å². The first kappa shape index (κ1) is 23.3. The normalized spacial score (nSPS) is 17.6. The molecule has 12 heteroatoms. The minimum absolute atomic E-state index is 0.00863. The summed E-state index contributed by atoms with van der Waals surface area (Å²) in [6.07, 6.45) is -0.669. The number of halogens is 1. The summed E-state index contributed by atoms with van der Waals surface area (Å²) in [5.74, 6) is -1.04. The standard InChI is InChI=1S/C20H20BrN3O8/c1-10(25)30-9-15-16(31-11(2)26)17(29-3)19(32-15)24-8-12(21)18(23-20(24)28)22-13-6-4-5-7-14(13)27/h4-8,17,19,27H,9H2,1-3H3,(H,22,23,28)/t17?,19-/m1/s1. The fraction of sp³-hybridized carbons (Fsp3) is 0.300. The molecule has 1 aromatic heterocycles. The fourth-order valence-electron chi connectivity index (χ4n) is 2.94. The summed E-state index contributed by atoms with van der Waals surface area (Å²) >= 11 is 3.34. The number of ether oxygens (including phenoxy) is 4. The summed E-state index contributed by atoms with van der Waals surface area (Å²) in [7, 11) is 1.35. The highest BCUT2D eigenvalue weighted by Crippen LogP contribution is 2.36. The van der Waals surface area contributed by atoms with Gasteiger partial charge in [-0.1, -0.05) is 12.1 Å². The number of rotatable bonds is 7. The van der Waals surface area contributed by atoms with Gasteiger partial charge in [-0.3, -0.25) is 14.2 Å². The molecule has 1 unspecified atom stereocenters. The summed E-state index contributed by atoms with van der Waals surface area (Å²) < 4.78 is 22.9. The fourth-order valence-corrected chi connectivity index (χ4v) is 3.35. The minimum atomic E-state index is -1.09. The average molecular weight is 510 g/mol. The number of nitrogens with zero attached hydrogens (tertiary/aromatic N) is 2. The van der Waals surface area contributed by atoms with Gasteiger partial charge in [0.25, 0.3) is 0 Å². The van der Waals surface area contributed by atoms with E-state index in [1.165, 1.54) is 33.2 Å². The molecule has 3 rings (SSSR count). The molecule has 170 valence electrons. The Labute approximate surface area is 190 Å². The van der Waals surface area contributed by atoms with Crippen LogP contribution in [0.15, 0.2) is 51.2 Å². The Morgan fingerprint density at radius 2 is 2.00 bits per heavy atom. The Bertz CT molecular complexity index is 1130. The van der Waals surface area contributed by atoms with Crippen LogP contribution in [0.5, 0.6) is 5.75 Å². The van der Waals surface area contributed by atoms with Crippen LogP contribution in [0.4, 0.5) is 11.5 Å². The van der Waals surface area contributed by atoms with Crippen LogP contribution in [0.1, 0.15) is 20.1 Å². The predicted octanol–water partition coefficient (Wildman–Crippen LogP) is 2.34. The summed E-state index contributed by atoms with van der Waals surface area (Å²) in [6.45, 7) is 2.10. The number of aromatic nitrogens is 2. The number of hydrogen-bond donors (Lipinski definition) is 2. The van der Waals surface area contributed by atoms with Crippen LogP contribution in [0, 0.1) is 0 Å². The van der Waals surface area contributed by atoms with Crippen LogP contribution in [0.25, 0.3) is 0 Å². The molecule has 0 bridgehead atoms. The highest BCUT2D eigenvalue weighted by Gasteiger charge is 2.42. The van der Waals surface area contributed by atoms with Gasteiger partial charge in [-0.05, 0) is 28.1 Å². The monoisotopic (exact) mass is 509 g/mol. The number of phenolic OH excluding ortho intramolecular Hbond substituents is 1. The van der Waals surface area contributed by atoms with E-state index in [2.05, 4.69) is 26.2 Å². The molecular formula is C20H20BrN3O8. The summed E-state index contributed by atoms with van der Waals surface area (Å²) in [5, 5.41) is 12.8. The molecule has 0 spiro atoms. The number of aromatic hydroxyl groups is 1. The van der Waals surface area contributed by atoms with Gasteiger partial charge in [0.2, 0.25) is 6.23 Å². The number of carbonyl (C=O) groups excluding carboxylic acids is 2. The van der Waals surface area contributed by atoms with Crippen molar-refractivity contribution in [3.63, 3.8) is 0 Å². The zero-order chi connectivity index (χ0) is 23.4. The highest BCUT2D eigenvalue weighted by atomic mass is 79.9. The number of anilines is 2. The van der Waals surface area contributed by atoms with Gasteiger partial charge in [0, 0.05) is 27.2 Å². The molecule has 0 saturated heterocycles. The van der Waals surface area contributed by atoms with Crippen molar-refractivity contribution in [3.8, 4) is 5.75 Å².